The van der Waals surface area contributed by atoms with E-state index in [2.05, 4.69) is 32.6 Å². The summed E-state index contributed by atoms with van der Waals surface area (Å²) < 4.78 is 5.25. The average Bonchev–Trinajstić information content (AvgIpc) is 2.17. The Morgan fingerprint density at radius 1 is 1.21 bits per heavy atom. The van der Waals surface area contributed by atoms with Crippen molar-refractivity contribution in [2.75, 3.05) is 32.9 Å². The van der Waals surface area contributed by atoms with Crippen LogP contribution in [0.5, 0.6) is 0 Å². The number of aliphatic hydroxyl groups is 1. The molecule has 0 aliphatic rings. The molecule has 0 amide bonds. The van der Waals surface area contributed by atoms with Crippen molar-refractivity contribution in [1.82, 2.24) is 4.90 Å². The third-order valence-electron chi connectivity index (χ3n) is 2.71. The molecule has 0 fully saturated rings. The lowest BCUT2D eigenvalue weighted by atomic mass is 10.1. The zero-order chi connectivity index (χ0) is 11.0. The van der Waals surface area contributed by atoms with Gasteiger partial charge >= 0.3 is 0 Å². The van der Waals surface area contributed by atoms with Crippen molar-refractivity contribution in [3.05, 3.63) is 0 Å². The Hall–Kier alpha value is -0.120. The molecule has 1 atom stereocenters. The van der Waals surface area contributed by atoms with Gasteiger partial charge in [0.25, 0.3) is 0 Å². The van der Waals surface area contributed by atoms with E-state index >= 15 is 0 Å². The van der Waals surface area contributed by atoms with Crippen LogP contribution in [0.25, 0.3) is 0 Å². The van der Waals surface area contributed by atoms with E-state index in [4.69, 9.17) is 9.84 Å². The fourth-order valence-corrected chi connectivity index (χ4v) is 1.42. The molecule has 0 rings (SSSR count). The maximum atomic E-state index is 8.55. The maximum absolute atomic E-state index is 8.55. The zero-order valence-electron chi connectivity index (χ0n) is 9.99. The van der Waals surface area contributed by atoms with Crippen molar-refractivity contribution >= 4 is 0 Å². The van der Waals surface area contributed by atoms with Gasteiger partial charge in [0, 0.05) is 12.6 Å². The summed E-state index contributed by atoms with van der Waals surface area (Å²) >= 11 is 0. The molecule has 0 saturated carbocycles. The van der Waals surface area contributed by atoms with Gasteiger partial charge in [-0.1, -0.05) is 20.8 Å². The molecule has 14 heavy (non-hydrogen) atoms. The summed E-state index contributed by atoms with van der Waals surface area (Å²) in [5, 5.41) is 8.55. The largest absolute Gasteiger partial charge is 0.394 e. The van der Waals surface area contributed by atoms with Crippen LogP contribution in [-0.2, 0) is 4.74 Å². The molecule has 0 spiro atoms. The third-order valence-corrected chi connectivity index (χ3v) is 2.71. The first-order chi connectivity index (χ1) is 6.63. The lowest BCUT2D eigenvalue weighted by Crippen LogP contribution is -2.38. The first-order valence-corrected chi connectivity index (χ1v) is 5.56. The summed E-state index contributed by atoms with van der Waals surface area (Å²) in [5.41, 5.74) is 0. The second-order valence-corrected chi connectivity index (χ2v) is 3.95. The van der Waals surface area contributed by atoms with Gasteiger partial charge in [0.15, 0.2) is 0 Å². The van der Waals surface area contributed by atoms with Crippen molar-refractivity contribution in [2.45, 2.75) is 33.7 Å². The standard InChI is InChI=1S/C11H25NO2/c1-5-12(11(4)10(2)3)6-8-14-9-7-13/h10-11,13H,5-9H2,1-4H3. The van der Waals surface area contributed by atoms with E-state index in [-0.39, 0.29) is 6.61 Å². The Morgan fingerprint density at radius 2 is 1.86 bits per heavy atom. The predicted octanol–water partition coefficient (Wildman–Crippen LogP) is 1.36. The van der Waals surface area contributed by atoms with Gasteiger partial charge in [0.2, 0.25) is 0 Å². The van der Waals surface area contributed by atoms with Gasteiger partial charge < -0.3 is 9.84 Å². The Balaban J connectivity index is 3.67. The SMILES string of the molecule is CCN(CCOCCO)C(C)C(C)C. The minimum absolute atomic E-state index is 0.117. The summed E-state index contributed by atoms with van der Waals surface area (Å²) in [5.74, 6) is 0.674. The molecule has 0 aliphatic carbocycles. The van der Waals surface area contributed by atoms with Gasteiger partial charge in [-0.15, -0.1) is 0 Å². The highest BCUT2D eigenvalue weighted by molar-refractivity contribution is 4.68. The van der Waals surface area contributed by atoms with Gasteiger partial charge in [-0.3, -0.25) is 4.90 Å². The second kappa shape index (κ2) is 8.21. The smallest absolute Gasteiger partial charge is 0.0698 e. The van der Waals surface area contributed by atoms with Gasteiger partial charge in [-0.25, -0.2) is 0 Å². The Bertz CT molecular complexity index is 128. The van der Waals surface area contributed by atoms with Crippen LogP contribution in [0.2, 0.25) is 0 Å². The number of aliphatic hydroxyl groups excluding tert-OH is 1. The molecule has 1 unspecified atom stereocenters. The lowest BCUT2D eigenvalue weighted by Gasteiger charge is -2.30. The summed E-state index contributed by atoms with van der Waals surface area (Å²) in [6.07, 6.45) is 0. The van der Waals surface area contributed by atoms with Crippen molar-refractivity contribution in [1.29, 1.82) is 0 Å². The van der Waals surface area contributed by atoms with Crippen LogP contribution < -0.4 is 0 Å². The lowest BCUT2D eigenvalue weighted by molar-refractivity contribution is 0.0605. The molecule has 0 radical (unpaired) electrons. The van der Waals surface area contributed by atoms with Crippen molar-refractivity contribution in [2.24, 2.45) is 5.92 Å². The van der Waals surface area contributed by atoms with E-state index < -0.39 is 0 Å². The van der Waals surface area contributed by atoms with Crippen LogP contribution in [0.1, 0.15) is 27.7 Å². The summed E-state index contributed by atoms with van der Waals surface area (Å²) in [7, 11) is 0. The van der Waals surface area contributed by atoms with E-state index in [1.165, 1.54) is 0 Å². The van der Waals surface area contributed by atoms with Crippen LogP contribution in [0.15, 0.2) is 0 Å². The van der Waals surface area contributed by atoms with Gasteiger partial charge in [-0.05, 0) is 19.4 Å². The fraction of sp³-hybridized carbons (Fsp3) is 1.00. The first kappa shape index (κ1) is 13.9. The molecule has 3 heteroatoms. The van der Waals surface area contributed by atoms with Gasteiger partial charge in [0.05, 0.1) is 19.8 Å². The molecule has 0 aromatic carbocycles. The number of likely N-dealkylation sites (N-methyl/N-ethyl adjacent to an activating group) is 1. The van der Waals surface area contributed by atoms with E-state index in [0.29, 0.717) is 25.2 Å². The van der Waals surface area contributed by atoms with Crippen LogP contribution in [0.3, 0.4) is 0 Å². The molecule has 0 aromatic heterocycles. The Kier molecular flexibility index (Phi) is 8.14. The van der Waals surface area contributed by atoms with Crippen molar-refractivity contribution in [3.63, 3.8) is 0 Å². The van der Waals surface area contributed by atoms with Crippen LogP contribution >= 0.6 is 0 Å². The molecular weight excluding hydrogens is 178 g/mol. The molecule has 0 bridgehead atoms. The van der Waals surface area contributed by atoms with Gasteiger partial charge in [-0.2, -0.15) is 0 Å². The maximum Gasteiger partial charge on any atom is 0.0698 e. The number of nitrogens with zero attached hydrogens (tertiary/aromatic N) is 1. The molecule has 1 N–H and O–H groups in total. The summed E-state index contributed by atoms with van der Waals surface area (Å²) in [4.78, 5) is 2.40. The Labute approximate surface area is 88.1 Å². The molecule has 0 heterocycles. The minimum atomic E-state index is 0.117. The van der Waals surface area contributed by atoms with Crippen LogP contribution in [0, 0.1) is 5.92 Å². The highest BCUT2D eigenvalue weighted by Gasteiger charge is 2.14. The third kappa shape index (κ3) is 5.58. The number of ether oxygens (including phenoxy) is 1. The van der Waals surface area contributed by atoms with E-state index in [9.17, 15) is 0 Å². The van der Waals surface area contributed by atoms with Crippen LogP contribution in [0.4, 0.5) is 0 Å². The van der Waals surface area contributed by atoms with Crippen molar-refractivity contribution < 1.29 is 9.84 Å². The number of rotatable bonds is 8. The molecular formula is C11H25NO2. The molecule has 0 aliphatic heterocycles. The van der Waals surface area contributed by atoms with Crippen LogP contribution in [-0.4, -0.2) is 49.0 Å². The van der Waals surface area contributed by atoms with E-state index in [1.807, 2.05) is 0 Å². The van der Waals surface area contributed by atoms with E-state index in [0.717, 1.165) is 13.1 Å². The fourth-order valence-electron chi connectivity index (χ4n) is 1.42. The topological polar surface area (TPSA) is 32.7 Å². The Morgan fingerprint density at radius 3 is 2.29 bits per heavy atom. The summed E-state index contributed by atoms with van der Waals surface area (Å²) in [6, 6.07) is 0.595. The molecule has 3 nitrogen and oxygen atoms in total. The molecule has 0 saturated heterocycles. The normalized spacial score (nSPS) is 13.9. The average molecular weight is 203 g/mol. The van der Waals surface area contributed by atoms with E-state index in [1.54, 1.807) is 0 Å². The quantitative estimate of drug-likeness (QED) is 0.605. The monoisotopic (exact) mass is 203 g/mol. The minimum Gasteiger partial charge on any atom is -0.394 e. The number of hydrogen-bond donors (Lipinski definition) is 1. The molecule has 86 valence electrons. The highest BCUT2D eigenvalue weighted by atomic mass is 16.5. The zero-order valence-corrected chi connectivity index (χ0v) is 9.99. The first-order valence-electron chi connectivity index (χ1n) is 5.56. The van der Waals surface area contributed by atoms with Gasteiger partial charge in [0.1, 0.15) is 0 Å². The second-order valence-electron chi connectivity index (χ2n) is 3.95. The highest BCUT2D eigenvalue weighted by Crippen LogP contribution is 2.09. The number of hydrogen-bond acceptors (Lipinski definition) is 3. The molecule has 0 aromatic rings. The van der Waals surface area contributed by atoms with Crippen molar-refractivity contribution in [3.8, 4) is 0 Å². The summed E-state index contributed by atoms with van der Waals surface area (Å²) in [6.45, 7) is 12.2. The predicted molar refractivity (Wildman–Crippen MR) is 59.5 cm³/mol.